The predicted molar refractivity (Wildman–Crippen MR) is 242 cm³/mol. The molecule has 0 aliphatic rings. The van der Waals surface area contributed by atoms with Crippen LogP contribution in [0.3, 0.4) is 0 Å². The highest BCUT2D eigenvalue weighted by atomic mass is 16.3. The molecule has 0 saturated heterocycles. The highest BCUT2D eigenvalue weighted by molar-refractivity contribution is 6.29. The van der Waals surface area contributed by atoms with Crippen LogP contribution in [0.5, 0.6) is 0 Å². The third-order valence-electron chi connectivity index (χ3n) is 12.5. The number of hydrogen-bond donors (Lipinski definition) is 0. The number of hydrogen-bond acceptors (Lipinski definition) is 3. The Morgan fingerprint density at radius 1 is 0.271 bits per heavy atom. The lowest BCUT2D eigenvalue weighted by molar-refractivity contribution is 0.668. The Labute approximate surface area is 335 Å². The van der Waals surface area contributed by atoms with E-state index < -0.39 is 0 Å². The zero-order valence-electron chi connectivity index (χ0n) is 31.4. The normalized spacial score (nSPS) is 12.4. The van der Waals surface area contributed by atoms with Crippen molar-refractivity contribution in [2.24, 2.45) is 0 Å². The number of para-hydroxylation sites is 4. The maximum absolute atomic E-state index is 7.30. The van der Waals surface area contributed by atoms with E-state index in [1.54, 1.807) is 0 Å². The van der Waals surface area contributed by atoms with Gasteiger partial charge in [0.05, 0.1) is 32.8 Å². The van der Waals surface area contributed by atoms with Crippen LogP contribution in [0.2, 0.25) is 0 Å². The van der Waals surface area contributed by atoms with Crippen molar-refractivity contribution in [3.63, 3.8) is 0 Å². The molecule has 0 atom stereocenters. The van der Waals surface area contributed by atoms with Crippen LogP contribution >= 0.6 is 0 Å². The molecular formula is C54H30N2O3. The molecule has 59 heavy (non-hydrogen) atoms. The first-order valence-corrected chi connectivity index (χ1v) is 20.0. The molecule has 0 radical (unpaired) electrons. The molecule has 0 aliphatic heterocycles. The van der Waals surface area contributed by atoms with Gasteiger partial charge in [-0.2, -0.15) is 0 Å². The molecule has 0 N–H and O–H groups in total. The van der Waals surface area contributed by atoms with Crippen LogP contribution in [0.4, 0.5) is 0 Å². The second kappa shape index (κ2) is 11.3. The van der Waals surface area contributed by atoms with Crippen LogP contribution in [0, 0.1) is 0 Å². The van der Waals surface area contributed by atoms with Gasteiger partial charge in [-0.05, 0) is 108 Å². The molecule has 0 bridgehead atoms. The van der Waals surface area contributed by atoms with Crippen molar-refractivity contribution in [2.45, 2.75) is 0 Å². The third kappa shape index (κ3) is 4.18. The average molecular weight is 755 g/mol. The molecule has 14 rings (SSSR count). The fourth-order valence-electron chi connectivity index (χ4n) is 9.92. The van der Waals surface area contributed by atoms with E-state index in [0.717, 1.165) is 132 Å². The summed E-state index contributed by atoms with van der Waals surface area (Å²) in [6.45, 7) is 0. The summed E-state index contributed by atoms with van der Waals surface area (Å²) in [6.07, 6.45) is 0. The van der Waals surface area contributed by atoms with Crippen molar-refractivity contribution in [2.75, 3.05) is 0 Å². The fraction of sp³-hybridized carbons (Fsp3) is 0. The summed E-state index contributed by atoms with van der Waals surface area (Å²) in [7, 11) is 0. The Hall–Kier alpha value is -8.02. The highest BCUT2D eigenvalue weighted by Crippen LogP contribution is 2.46. The lowest BCUT2D eigenvalue weighted by Gasteiger charge is -2.08. The first-order valence-electron chi connectivity index (χ1n) is 20.0. The van der Waals surface area contributed by atoms with Crippen LogP contribution in [-0.2, 0) is 0 Å². The van der Waals surface area contributed by atoms with Gasteiger partial charge in [0.2, 0.25) is 0 Å². The third-order valence-corrected chi connectivity index (χ3v) is 12.5. The number of aromatic nitrogens is 2. The second-order valence-corrected chi connectivity index (χ2v) is 15.6. The zero-order chi connectivity index (χ0) is 38.3. The molecule has 274 valence electrons. The molecule has 0 saturated carbocycles. The largest absolute Gasteiger partial charge is 0.456 e. The van der Waals surface area contributed by atoms with Crippen LogP contribution in [0.15, 0.2) is 195 Å². The summed E-state index contributed by atoms with van der Waals surface area (Å²) in [5.41, 5.74) is 14.3. The van der Waals surface area contributed by atoms with Crippen LogP contribution < -0.4 is 0 Å². The number of rotatable bonds is 3. The van der Waals surface area contributed by atoms with E-state index in [1.165, 1.54) is 0 Å². The zero-order valence-corrected chi connectivity index (χ0v) is 31.4. The van der Waals surface area contributed by atoms with Crippen LogP contribution in [0.25, 0.3) is 132 Å². The minimum atomic E-state index is 0.882. The minimum absolute atomic E-state index is 0.882. The maximum atomic E-state index is 7.30. The van der Waals surface area contributed by atoms with E-state index in [4.69, 9.17) is 13.3 Å². The summed E-state index contributed by atoms with van der Waals surface area (Å²) in [4.78, 5) is 0. The van der Waals surface area contributed by atoms with Crippen LogP contribution in [0.1, 0.15) is 0 Å². The van der Waals surface area contributed by atoms with E-state index in [2.05, 4.69) is 167 Å². The Balaban J connectivity index is 1.05. The van der Waals surface area contributed by atoms with Crippen molar-refractivity contribution >= 4 is 109 Å². The molecule has 0 spiro atoms. The summed E-state index contributed by atoms with van der Waals surface area (Å²) in [6, 6.07) is 64.7. The summed E-state index contributed by atoms with van der Waals surface area (Å²) < 4.78 is 24.4. The van der Waals surface area contributed by atoms with Gasteiger partial charge < -0.3 is 22.4 Å². The predicted octanol–water partition coefficient (Wildman–Crippen LogP) is 15.2. The summed E-state index contributed by atoms with van der Waals surface area (Å²) >= 11 is 0. The number of benzene rings is 9. The van der Waals surface area contributed by atoms with E-state index in [9.17, 15) is 0 Å². The minimum Gasteiger partial charge on any atom is -0.456 e. The number of fused-ring (bicyclic) bond motifs is 17. The van der Waals surface area contributed by atoms with E-state index in [-0.39, 0.29) is 0 Å². The molecule has 5 heteroatoms. The number of nitrogens with zero attached hydrogens (tertiary/aromatic N) is 2. The molecular weight excluding hydrogens is 725 g/mol. The van der Waals surface area contributed by atoms with Gasteiger partial charge in [-0.15, -0.1) is 0 Å². The van der Waals surface area contributed by atoms with Gasteiger partial charge >= 0.3 is 0 Å². The SMILES string of the molecule is c1ccc(-n2c3ccc(-c4ccc5oc6ccccc6c5c4)cc3c3c4oc5c(ccc6c5c5ccccc5n6-c5ccc6oc7ccccc7c6c5)c4ccc32)cc1. The van der Waals surface area contributed by atoms with Gasteiger partial charge in [0.25, 0.3) is 0 Å². The lowest BCUT2D eigenvalue weighted by atomic mass is 10.00. The van der Waals surface area contributed by atoms with Gasteiger partial charge in [-0.1, -0.05) is 84.9 Å². The molecule has 14 aromatic rings. The molecule has 5 nitrogen and oxygen atoms in total. The Bertz CT molecular complexity index is 4080. The Morgan fingerprint density at radius 3 is 1.47 bits per heavy atom. The van der Waals surface area contributed by atoms with Gasteiger partial charge in [-0.25, -0.2) is 0 Å². The van der Waals surface area contributed by atoms with Gasteiger partial charge in [-0.3, -0.25) is 0 Å². The van der Waals surface area contributed by atoms with Gasteiger partial charge in [0.1, 0.15) is 33.5 Å². The second-order valence-electron chi connectivity index (χ2n) is 15.6. The average Bonchev–Trinajstić information content (AvgIpc) is 4.10. The van der Waals surface area contributed by atoms with Crippen molar-refractivity contribution in [1.29, 1.82) is 0 Å². The summed E-state index contributed by atoms with van der Waals surface area (Å²) in [5.74, 6) is 0. The first kappa shape index (κ1) is 31.1. The smallest absolute Gasteiger partial charge is 0.145 e. The maximum Gasteiger partial charge on any atom is 0.145 e. The quantitative estimate of drug-likeness (QED) is 0.180. The molecule has 5 heterocycles. The molecule has 0 fully saturated rings. The van der Waals surface area contributed by atoms with E-state index in [1.807, 2.05) is 24.3 Å². The van der Waals surface area contributed by atoms with Crippen molar-refractivity contribution in [1.82, 2.24) is 9.13 Å². The first-order chi connectivity index (χ1) is 29.2. The van der Waals surface area contributed by atoms with Gasteiger partial charge in [0, 0.05) is 54.5 Å². The highest BCUT2D eigenvalue weighted by Gasteiger charge is 2.23. The van der Waals surface area contributed by atoms with Gasteiger partial charge in [0.15, 0.2) is 0 Å². The topological polar surface area (TPSA) is 49.3 Å². The number of furan rings is 3. The van der Waals surface area contributed by atoms with Crippen molar-refractivity contribution in [3.8, 4) is 22.5 Å². The molecule has 0 unspecified atom stereocenters. The summed E-state index contributed by atoms with van der Waals surface area (Å²) in [5, 5.41) is 11.1. The standard InChI is InChI=1S/C54H30N2O3/c1-2-10-33(11-3-1)55-44-23-18-31(32-19-26-49-40(28-32)35-12-5-8-16-47(35)57-49)29-42(44)52-46(55)25-22-38-37-21-24-45-51(53(37)59-54(38)52)39-14-4-7-15-43(39)56(45)34-20-27-50-41(30-34)36-13-6-9-17-48(36)58-50/h1-30H. The molecule has 0 amide bonds. The van der Waals surface area contributed by atoms with Crippen molar-refractivity contribution in [3.05, 3.63) is 182 Å². The Morgan fingerprint density at radius 2 is 0.763 bits per heavy atom. The molecule has 0 aliphatic carbocycles. The van der Waals surface area contributed by atoms with Crippen molar-refractivity contribution < 1.29 is 13.3 Å². The monoisotopic (exact) mass is 754 g/mol. The van der Waals surface area contributed by atoms with E-state index >= 15 is 0 Å². The fourth-order valence-corrected chi connectivity index (χ4v) is 9.92. The lowest BCUT2D eigenvalue weighted by Crippen LogP contribution is -1.93. The van der Waals surface area contributed by atoms with E-state index in [0.29, 0.717) is 0 Å². The molecule has 5 aromatic heterocycles. The Kier molecular flexibility index (Phi) is 5.96. The molecule has 9 aromatic carbocycles. The van der Waals surface area contributed by atoms with Crippen LogP contribution in [-0.4, -0.2) is 9.13 Å².